The minimum atomic E-state index is -0.901. The molecule has 144 valence electrons. The van der Waals surface area contributed by atoms with Crippen LogP contribution in [0.1, 0.15) is 23.7 Å². The van der Waals surface area contributed by atoms with Crippen LogP contribution in [-0.4, -0.2) is 43.1 Å². The van der Waals surface area contributed by atoms with Crippen molar-refractivity contribution in [2.75, 3.05) is 31.1 Å². The molecule has 0 aromatic heterocycles. The monoisotopic (exact) mass is 383 g/mol. The summed E-state index contributed by atoms with van der Waals surface area (Å²) in [6, 6.07) is 12.5. The van der Waals surface area contributed by atoms with Crippen LogP contribution in [0.5, 0.6) is 0 Å². The number of amides is 1. The van der Waals surface area contributed by atoms with Gasteiger partial charge in [0.15, 0.2) is 11.6 Å². The highest BCUT2D eigenvalue weighted by molar-refractivity contribution is 5.99. The predicted octanol–water partition coefficient (Wildman–Crippen LogP) is 3.02. The van der Waals surface area contributed by atoms with Gasteiger partial charge in [-0.3, -0.25) is 9.69 Å². The summed E-state index contributed by atoms with van der Waals surface area (Å²) < 4.78 is 32.5. The Balaban J connectivity index is 1.47. The normalized spacial score (nSPS) is 23.0. The van der Waals surface area contributed by atoms with Crippen molar-refractivity contribution in [3.8, 4) is 6.07 Å². The van der Waals surface area contributed by atoms with Gasteiger partial charge in [0.25, 0.3) is 0 Å². The summed E-state index contributed by atoms with van der Waals surface area (Å²) >= 11 is 0. The van der Waals surface area contributed by atoms with E-state index in [1.165, 1.54) is 6.07 Å². The van der Waals surface area contributed by atoms with Gasteiger partial charge in [-0.2, -0.15) is 5.26 Å². The third kappa shape index (κ3) is 3.49. The highest BCUT2D eigenvalue weighted by atomic mass is 19.2. The van der Waals surface area contributed by atoms with Gasteiger partial charge in [0.2, 0.25) is 5.91 Å². The highest BCUT2D eigenvalue weighted by Gasteiger charge is 2.39. The van der Waals surface area contributed by atoms with Crippen LogP contribution in [0.25, 0.3) is 0 Å². The zero-order valence-corrected chi connectivity index (χ0v) is 15.1. The molecule has 2 aliphatic rings. The maximum absolute atomic E-state index is 13.6. The van der Waals surface area contributed by atoms with Crippen LogP contribution in [0.2, 0.25) is 0 Å². The molecule has 2 fully saturated rings. The molecule has 0 spiro atoms. The Kier molecular flexibility index (Phi) is 5.07. The van der Waals surface area contributed by atoms with Gasteiger partial charge in [0.05, 0.1) is 30.4 Å². The van der Waals surface area contributed by atoms with Gasteiger partial charge in [0, 0.05) is 25.3 Å². The predicted molar refractivity (Wildman–Crippen MR) is 98.5 cm³/mol. The Bertz CT molecular complexity index is 926. The lowest BCUT2D eigenvalue weighted by atomic mass is 10.1. The van der Waals surface area contributed by atoms with Gasteiger partial charge in [-0.15, -0.1) is 0 Å². The summed E-state index contributed by atoms with van der Waals surface area (Å²) in [4.78, 5) is 16.8. The number of halogens is 2. The molecule has 7 heteroatoms. The standard InChI is InChI=1S/C21H19F2N3O2/c22-17-6-3-15(11-18(17)23)20-13-25(9-10-28-20)19-7-8-26(21(19)27)16-4-1-14(12-24)2-5-16/h1-6,11,19-20H,7-10,13H2. The lowest BCUT2D eigenvalue weighted by Crippen LogP contribution is -2.48. The Morgan fingerprint density at radius 1 is 1.07 bits per heavy atom. The number of carbonyl (C=O) groups excluding carboxylic acids is 1. The van der Waals surface area contributed by atoms with E-state index in [2.05, 4.69) is 11.0 Å². The van der Waals surface area contributed by atoms with Crippen molar-refractivity contribution < 1.29 is 18.3 Å². The number of hydrogen-bond acceptors (Lipinski definition) is 4. The lowest BCUT2D eigenvalue weighted by Gasteiger charge is -2.36. The summed E-state index contributed by atoms with van der Waals surface area (Å²) in [5.41, 5.74) is 1.89. The number of ether oxygens (including phenoxy) is 1. The summed E-state index contributed by atoms with van der Waals surface area (Å²) in [7, 11) is 0. The average Bonchev–Trinajstić information content (AvgIpc) is 3.11. The van der Waals surface area contributed by atoms with E-state index >= 15 is 0 Å². The molecule has 5 nitrogen and oxygen atoms in total. The van der Waals surface area contributed by atoms with Crippen LogP contribution in [0.4, 0.5) is 14.5 Å². The quantitative estimate of drug-likeness (QED) is 0.818. The molecule has 2 saturated heterocycles. The van der Waals surface area contributed by atoms with Crippen molar-refractivity contribution in [2.24, 2.45) is 0 Å². The summed E-state index contributed by atoms with van der Waals surface area (Å²) in [6.45, 7) is 2.08. The smallest absolute Gasteiger partial charge is 0.244 e. The molecular formula is C21H19F2N3O2. The topological polar surface area (TPSA) is 56.6 Å². The zero-order chi connectivity index (χ0) is 19.7. The van der Waals surface area contributed by atoms with E-state index in [0.717, 1.165) is 17.8 Å². The van der Waals surface area contributed by atoms with Crippen LogP contribution < -0.4 is 4.90 Å². The SMILES string of the molecule is N#Cc1ccc(N2CCC(N3CCOC(c4ccc(F)c(F)c4)C3)C2=O)cc1. The Morgan fingerprint density at radius 2 is 1.86 bits per heavy atom. The second-order valence-corrected chi connectivity index (χ2v) is 6.98. The van der Waals surface area contributed by atoms with E-state index in [1.54, 1.807) is 29.2 Å². The van der Waals surface area contributed by atoms with Crippen molar-refractivity contribution in [3.63, 3.8) is 0 Å². The first-order chi connectivity index (χ1) is 13.6. The summed E-state index contributed by atoms with van der Waals surface area (Å²) in [6.07, 6.45) is 0.282. The molecular weight excluding hydrogens is 364 g/mol. The van der Waals surface area contributed by atoms with Gasteiger partial charge in [0.1, 0.15) is 0 Å². The third-order valence-corrected chi connectivity index (χ3v) is 5.34. The van der Waals surface area contributed by atoms with Crippen LogP contribution in [0.3, 0.4) is 0 Å². The Hall–Kier alpha value is -2.82. The van der Waals surface area contributed by atoms with Crippen molar-refractivity contribution in [3.05, 3.63) is 65.2 Å². The van der Waals surface area contributed by atoms with Gasteiger partial charge in [-0.05, 0) is 48.4 Å². The Labute approximate surface area is 161 Å². The number of anilines is 1. The van der Waals surface area contributed by atoms with Gasteiger partial charge in [-0.25, -0.2) is 8.78 Å². The van der Waals surface area contributed by atoms with Crippen LogP contribution in [0.15, 0.2) is 42.5 Å². The number of hydrogen-bond donors (Lipinski definition) is 0. The van der Waals surface area contributed by atoms with Crippen molar-refractivity contribution >= 4 is 11.6 Å². The number of morpholine rings is 1. The largest absolute Gasteiger partial charge is 0.371 e. The number of carbonyl (C=O) groups is 1. The number of benzene rings is 2. The maximum atomic E-state index is 13.6. The Morgan fingerprint density at radius 3 is 2.57 bits per heavy atom. The molecule has 2 unspecified atom stereocenters. The molecule has 2 heterocycles. The third-order valence-electron chi connectivity index (χ3n) is 5.34. The highest BCUT2D eigenvalue weighted by Crippen LogP contribution is 2.29. The molecule has 0 bridgehead atoms. The fraction of sp³-hybridized carbons (Fsp3) is 0.333. The molecule has 0 aliphatic carbocycles. The van der Waals surface area contributed by atoms with Gasteiger partial charge < -0.3 is 9.64 Å². The zero-order valence-electron chi connectivity index (χ0n) is 15.1. The van der Waals surface area contributed by atoms with Crippen molar-refractivity contribution in [1.82, 2.24) is 4.90 Å². The molecule has 0 saturated carbocycles. The summed E-state index contributed by atoms with van der Waals surface area (Å²) in [5, 5.41) is 8.92. The molecule has 4 rings (SSSR count). The first-order valence-corrected chi connectivity index (χ1v) is 9.19. The molecule has 2 aliphatic heterocycles. The minimum Gasteiger partial charge on any atom is -0.371 e. The van der Waals surface area contributed by atoms with Crippen LogP contribution >= 0.6 is 0 Å². The maximum Gasteiger partial charge on any atom is 0.244 e. The minimum absolute atomic E-state index is 0.00986. The first-order valence-electron chi connectivity index (χ1n) is 9.19. The molecule has 2 atom stereocenters. The second kappa shape index (κ2) is 7.66. The molecule has 28 heavy (non-hydrogen) atoms. The van der Waals surface area contributed by atoms with E-state index in [1.807, 2.05) is 0 Å². The van der Waals surface area contributed by atoms with E-state index < -0.39 is 17.7 Å². The van der Waals surface area contributed by atoms with Crippen molar-refractivity contribution in [2.45, 2.75) is 18.6 Å². The van der Waals surface area contributed by atoms with E-state index in [-0.39, 0.29) is 11.9 Å². The van der Waals surface area contributed by atoms with Crippen molar-refractivity contribution in [1.29, 1.82) is 5.26 Å². The first kappa shape index (κ1) is 18.5. The van der Waals surface area contributed by atoms with Gasteiger partial charge in [-0.1, -0.05) is 6.07 Å². The van der Waals surface area contributed by atoms with Crippen LogP contribution in [0, 0.1) is 23.0 Å². The number of nitriles is 1. The summed E-state index contributed by atoms with van der Waals surface area (Å²) in [5.74, 6) is -1.78. The van der Waals surface area contributed by atoms with Gasteiger partial charge >= 0.3 is 0 Å². The van der Waals surface area contributed by atoms with E-state index in [4.69, 9.17) is 10.00 Å². The molecule has 0 radical (unpaired) electrons. The fourth-order valence-corrected chi connectivity index (χ4v) is 3.84. The fourth-order valence-electron chi connectivity index (χ4n) is 3.84. The number of nitrogens with zero attached hydrogens (tertiary/aromatic N) is 3. The van der Waals surface area contributed by atoms with E-state index in [0.29, 0.717) is 43.8 Å². The lowest BCUT2D eigenvalue weighted by molar-refractivity contribution is -0.125. The second-order valence-electron chi connectivity index (χ2n) is 6.98. The number of rotatable bonds is 3. The van der Waals surface area contributed by atoms with E-state index in [9.17, 15) is 13.6 Å². The molecule has 2 aromatic carbocycles. The molecule has 1 amide bonds. The van der Waals surface area contributed by atoms with Crippen LogP contribution in [-0.2, 0) is 9.53 Å². The average molecular weight is 383 g/mol. The molecule has 2 aromatic rings. The molecule has 0 N–H and O–H groups in total.